The van der Waals surface area contributed by atoms with E-state index >= 15 is 0 Å². The normalized spacial score (nSPS) is 14.0. The van der Waals surface area contributed by atoms with Gasteiger partial charge in [-0.25, -0.2) is 22.5 Å². The third kappa shape index (κ3) is 5.63. The van der Waals surface area contributed by atoms with Gasteiger partial charge in [-0.2, -0.15) is 0 Å². The molecular weight excluding hydrogens is 363 g/mol. The molecule has 7 nitrogen and oxygen atoms in total. The number of nitrogens with one attached hydrogen (secondary N) is 1. The summed E-state index contributed by atoms with van der Waals surface area (Å²) in [5.74, 6) is -0.747. The zero-order valence-electron chi connectivity index (χ0n) is 14.7. The van der Waals surface area contributed by atoms with Crippen molar-refractivity contribution in [2.24, 2.45) is 5.92 Å². The lowest BCUT2D eigenvalue weighted by atomic mass is 10.0. The van der Waals surface area contributed by atoms with Gasteiger partial charge < -0.3 is 9.15 Å². The van der Waals surface area contributed by atoms with Crippen LogP contribution in [0.4, 0.5) is 4.39 Å². The van der Waals surface area contributed by atoms with E-state index in [0.29, 0.717) is 17.7 Å². The summed E-state index contributed by atoms with van der Waals surface area (Å²) in [5.41, 5.74) is 0.632. The lowest BCUT2D eigenvalue weighted by molar-refractivity contribution is -0.149. The maximum Gasteiger partial charge on any atom is 0.324 e. The van der Waals surface area contributed by atoms with E-state index in [4.69, 9.17) is 9.15 Å². The van der Waals surface area contributed by atoms with E-state index in [2.05, 4.69) is 9.71 Å². The van der Waals surface area contributed by atoms with Crippen LogP contribution >= 0.6 is 0 Å². The summed E-state index contributed by atoms with van der Waals surface area (Å²) in [6, 6.07) is 4.69. The van der Waals surface area contributed by atoms with Crippen molar-refractivity contribution in [2.45, 2.75) is 32.9 Å². The van der Waals surface area contributed by atoms with Gasteiger partial charge >= 0.3 is 5.97 Å². The van der Waals surface area contributed by atoms with E-state index < -0.39 is 22.0 Å². The molecule has 0 saturated heterocycles. The maximum absolute atomic E-state index is 13.0. The Balaban J connectivity index is 2.02. The lowest BCUT2D eigenvalue weighted by Gasteiger charge is -2.21. The quantitative estimate of drug-likeness (QED) is 0.702. The Hall–Kier alpha value is -2.26. The molecule has 2 aromatic rings. The van der Waals surface area contributed by atoms with Crippen LogP contribution in [-0.4, -0.2) is 31.7 Å². The second-order valence-corrected chi connectivity index (χ2v) is 7.77. The van der Waals surface area contributed by atoms with Crippen LogP contribution in [0.5, 0.6) is 0 Å². The molecule has 0 aliphatic rings. The number of rotatable bonds is 8. The fourth-order valence-electron chi connectivity index (χ4n) is 2.21. The minimum Gasteiger partial charge on any atom is -0.454 e. The van der Waals surface area contributed by atoms with Crippen molar-refractivity contribution in [2.75, 3.05) is 6.26 Å². The molecule has 9 heteroatoms. The first-order valence-corrected chi connectivity index (χ1v) is 9.93. The van der Waals surface area contributed by atoms with Gasteiger partial charge in [0.05, 0.1) is 12.5 Å². The highest BCUT2D eigenvalue weighted by Gasteiger charge is 2.28. The second-order valence-electron chi connectivity index (χ2n) is 5.99. The molecule has 0 bridgehead atoms. The highest BCUT2D eigenvalue weighted by molar-refractivity contribution is 7.88. The van der Waals surface area contributed by atoms with E-state index in [-0.39, 0.29) is 24.2 Å². The molecule has 0 spiro atoms. The number of sulfonamides is 1. The molecule has 26 heavy (non-hydrogen) atoms. The average molecular weight is 384 g/mol. The number of halogens is 1. The highest BCUT2D eigenvalue weighted by atomic mass is 32.2. The number of hydrogen-bond acceptors (Lipinski definition) is 6. The molecule has 0 amide bonds. The van der Waals surface area contributed by atoms with E-state index in [1.807, 2.05) is 6.92 Å². The molecule has 1 heterocycles. The van der Waals surface area contributed by atoms with E-state index in [1.165, 1.54) is 18.3 Å². The van der Waals surface area contributed by atoms with Crippen molar-refractivity contribution in [3.63, 3.8) is 0 Å². The van der Waals surface area contributed by atoms with Gasteiger partial charge in [0.2, 0.25) is 15.9 Å². The zero-order valence-corrected chi connectivity index (χ0v) is 15.5. The van der Waals surface area contributed by atoms with Gasteiger partial charge in [0.1, 0.15) is 11.9 Å². The fraction of sp³-hybridized carbons (Fsp3) is 0.412. The number of carbonyl (C=O) groups excluding carboxylic acids is 1. The number of ether oxygens (including phenoxy) is 1. The van der Waals surface area contributed by atoms with Crippen molar-refractivity contribution >= 4 is 16.0 Å². The third-order valence-corrected chi connectivity index (χ3v) is 4.51. The van der Waals surface area contributed by atoms with E-state index in [1.54, 1.807) is 19.1 Å². The van der Waals surface area contributed by atoms with E-state index in [9.17, 15) is 17.6 Å². The summed E-state index contributed by atoms with van der Waals surface area (Å²) in [6.07, 6.45) is 3.02. The van der Waals surface area contributed by atoms with Crippen LogP contribution in [0.3, 0.4) is 0 Å². The van der Waals surface area contributed by atoms with Crippen molar-refractivity contribution in [3.8, 4) is 11.3 Å². The number of nitrogens with zero attached hydrogens (tertiary/aromatic N) is 1. The number of esters is 1. The summed E-state index contributed by atoms with van der Waals surface area (Å²) in [5, 5.41) is 0. The van der Waals surface area contributed by atoms with Crippen LogP contribution in [0.2, 0.25) is 0 Å². The number of carbonyl (C=O) groups is 1. The molecule has 1 aromatic heterocycles. The van der Waals surface area contributed by atoms with Crippen molar-refractivity contribution < 1.29 is 26.8 Å². The maximum atomic E-state index is 13.0. The minimum absolute atomic E-state index is 0.153. The lowest BCUT2D eigenvalue weighted by Crippen LogP contribution is -2.45. The first-order chi connectivity index (χ1) is 12.2. The van der Waals surface area contributed by atoms with Crippen LogP contribution in [0, 0.1) is 11.7 Å². The molecule has 1 N–H and O–H groups in total. The van der Waals surface area contributed by atoms with Crippen LogP contribution in [0.25, 0.3) is 11.3 Å². The summed E-state index contributed by atoms with van der Waals surface area (Å²) >= 11 is 0. The van der Waals surface area contributed by atoms with Crippen LogP contribution in [-0.2, 0) is 26.2 Å². The molecule has 2 rings (SSSR count). The number of hydrogen-bond donors (Lipinski definition) is 1. The topological polar surface area (TPSA) is 98.5 Å². The smallest absolute Gasteiger partial charge is 0.324 e. The Morgan fingerprint density at radius 3 is 2.58 bits per heavy atom. The second kappa shape index (κ2) is 8.41. The van der Waals surface area contributed by atoms with E-state index in [0.717, 1.165) is 6.26 Å². The SMILES string of the molecule is CCC(C)C(NS(C)(=O)=O)C(=O)OCc1ncc(-c2ccc(F)cc2)o1. The Bertz CT molecular complexity index is 848. The third-order valence-electron chi connectivity index (χ3n) is 3.83. The predicted molar refractivity (Wildman–Crippen MR) is 92.9 cm³/mol. The van der Waals surface area contributed by atoms with Gasteiger partial charge in [-0.1, -0.05) is 20.3 Å². The first-order valence-electron chi connectivity index (χ1n) is 8.04. The Kier molecular flexibility index (Phi) is 6.49. The summed E-state index contributed by atoms with van der Waals surface area (Å²) in [4.78, 5) is 16.3. The van der Waals surface area contributed by atoms with Crippen molar-refractivity contribution in [1.82, 2.24) is 9.71 Å². The Morgan fingerprint density at radius 1 is 1.35 bits per heavy atom. The van der Waals surface area contributed by atoms with Crippen molar-refractivity contribution in [3.05, 3.63) is 42.2 Å². The molecule has 0 aliphatic heterocycles. The molecule has 142 valence electrons. The molecular formula is C17H21FN2O5S. The van der Waals surface area contributed by atoms with Gasteiger partial charge in [-0.15, -0.1) is 0 Å². The molecule has 0 aliphatic carbocycles. The Labute approximate surface area is 151 Å². The number of oxazole rings is 1. The monoisotopic (exact) mass is 384 g/mol. The minimum atomic E-state index is -3.56. The fourth-order valence-corrected chi connectivity index (χ4v) is 3.00. The number of benzene rings is 1. The van der Waals surface area contributed by atoms with Crippen molar-refractivity contribution in [1.29, 1.82) is 0 Å². The predicted octanol–water partition coefficient (Wildman–Crippen LogP) is 2.49. The van der Waals surface area contributed by atoms with Gasteiger partial charge in [-0.05, 0) is 30.2 Å². The molecule has 2 unspecified atom stereocenters. The molecule has 2 atom stereocenters. The highest BCUT2D eigenvalue weighted by Crippen LogP contribution is 2.21. The summed E-state index contributed by atoms with van der Waals surface area (Å²) in [6.45, 7) is 3.36. The van der Waals surface area contributed by atoms with Gasteiger partial charge in [-0.3, -0.25) is 4.79 Å². The van der Waals surface area contributed by atoms with Gasteiger partial charge in [0.15, 0.2) is 12.4 Å². The first kappa shape index (κ1) is 20.1. The van der Waals surface area contributed by atoms with Gasteiger partial charge in [0.25, 0.3) is 0 Å². The standard InChI is InChI=1S/C17H21FN2O5S/c1-4-11(2)16(20-26(3,22)23)17(21)24-10-15-19-9-14(25-15)12-5-7-13(18)8-6-12/h5-9,11,16,20H,4,10H2,1-3H3. The van der Waals surface area contributed by atoms with Gasteiger partial charge in [0, 0.05) is 5.56 Å². The largest absolute Gasteiger partial charge is 0.454 e. The Morgan fingerprint density at radius 2 is 2.00 bits per heavy atom. The molecule has 0 radical (unpaired) electrons. The summed E-state index contributed by atoms with van der Waals surface area (Å²) in [7, 11) is -3.56. The van der Waals surface area contributed by atoms with Crippen LogP contribution < -0.4 is 4.72 Å². The molecule has 0 saturated carbocycles. The summed E-state index contributed by atoms with van der Waals surface area (Å²) < 4.78 is 48.8. The molecule has 1 aromatic carbocycles. The van der Waals surface area contributed by atoms with Crippen LogP contribution in [0.1, 0.15) is 26.2 Å². The average Bonchev–Trinajstić information content (AvgIpc) is 3.05. The van der Waals surface area contributed by atoms with Crippen LogP contribution in [0.15, 0.2) is 34.9 Å². The zero-order chi connectivity index (χ0) is 19.3. The molecule has 0 fully saturated rings. The number of aromatic nitrogens is 1.